The van der Waals surface area contributed by atoms with Crippen molar-refractivity contribution >= 4 is 29.6 Å². The van der Waals surface area contributed by atoms with Crippen LogP contribution < -0.4 is 10.1 Å². The molecule has 0 saturated carbocycles. The van der Waals surface area contributed by atoms with Gasteiger partial charge in [-0.15, -0.1) is 0 Å². The number of rotatable bonds is 3. The SMILES string of the molecule is CC(C)Oc1ccc(/C=C2/NC(=O)N(C)C2=O)cc1Cl. The third-order valence-electron chi connectivity index (χ3n) is 2.71. The molecule has 106 valence electrons. The maximum Gasteiger partial charge on any atom is 0.328 e. The topological polar surface area (TPSA) is 58.6 Å². The summed E-state index contributed by atoms with van der Waals surface area (Å²) in [4.78, 5) is 24.1. The summed E-state index contributed by atoms with van der Waals surface area (Å²) >= 11 is 6.12. The van der Waals surface area contributed by atoms with Crippen LogP contribution in [0.15, 0.2) is 23.9 Å². The third-order valence-corrected chi connectivity index (χ3v) is 3.01. The number of nitrogens with zero attached hydrogens (tertiary/aromatic N) is 1. The molecule has 6 heteroatoms. The van der Waals surface area contributed by atoms with Gasteiger partial charge < -0.3 is 10.1 Å². The van der Waals surface area contributed by atoms with Gasteiger partial charge in [-0.3, -0.25) is 9.69 Å². The van der Waals surface area contributed by atoms with Crippen molar-refractivity contribution in [3.63, 3.8) is 0 Å². The molecule has 0 spiro atoms. The lowest BCUT2D eigenvalue weighted by Gasteiger charge is -2.11. The number of nitrogens with one attached hydrogen (secondary N) is 1. The van der Waals surface area contributed by atoms with Gasteiger partial charge in [0.15, 0.2) is 0 Å². The Morgan fingerprint density at radius 3 is 2.55 bits per heavy atom. The number of ether oxygens (including phenoxy) is 1. The number of imide groups is 1. The standard InChI is InChI=1S/C14H15ClN2O3/c1-8(2)20-12-5-4-9(6-10(12)15)7-11-13(18)17(3)14(19)16-11/h4-8H,1-3H3,(H,16,19)/b11-7+. The maximum absolute atomic E-state index is 11.7. The molecule has 1 N–H and O–H groups in total. The van der Waals surface area contributed by atoms with E-state index in [1.807, 2.05) is 13.8 Å². The number of carbonyl (C=O) groups is 2. The summed E-state index contributed by atoms with van der Waals surface area (Å²) in [6.07, 6.45) is 1.61. The van der Waals surface area contributed by atoms with Gasteiger partial charge in [0.1, 0.15) is 11.4 Å². The molecule has 1 heterocycles. The molecule has 1 saturated heterocycles. The zero-order chi connectivity index (χ0) is 14.9. The Hall–Kier alpha value is -2.01. The van der Waals surface area contributed by atoms with E-state index in [1.54, 1.807) is 24.3 Å². The van der Waals surface area contributed by atoms with Crippen molar-refractivity contribution < 1.29 is 14.3 Å². The second-order valence-corrected chi connectivity index (χ2v) is 5.12. The Labute approximate surface area is 122 Å². The first-order valence-electron chi connectivity index (χ1n) is 6.15. The number of halogens is 1. The highest BCUT2D eigenvalue weighted by Gasteiger charge is 2.29. The second kappa shape index (κ2) is 5.54. The molecule has 0 aromatic heterocycles. The molecule has 3 amide bonds. The Bertz CT molecular complexity index is 596. The third kappa shape index (κ3) is 2.93. The lowest BCUT2D eigenvalue weighted by Crippen LogP contribution is -2.25. The molecule has 1 fully saturated rings. The fraction of sp³-hybridized carbons (Fsp3) is 0.286. The van der Waals surface area contributed by atoms with Gasteiger partial charge in [-0.25, -0.2) is 4.79 Å². The van der Waals surface area contributed by atoms with Gasteiger partial charge in [-0.05, 0) is 37.6 Å². The molecule has 1 aromatic rings. The maximum atomic E-state index is 11.7. The number of amides is 3. The van der Waals surface area contributed by atoms with E-state index in [1.165, 1.54) is 7.05 Å². The van der Waals surface area contributed by atoms with Gasteiger partial charge in [0.2, 0.25) is 0 Å². The molecule has 0 atom stereocenters. The molecule has 1 aliphatic heterocycles. The normalized spacial score (nSPS) is 17.1. The van der Waals surface area contributed by atoms with Crippen LogP contribution in [0.5, 0.6) is 5.75 Å². The van der Waals surface area contributed by atoms with Crippen molar-refractivity contribution in [1.29, 1.82) is 0 Å². The van der Waals surface area contributed by atoms with Crippen LogP contribution in [0.4, 0.5) is 4.79 Å². The molecule has 0 radical (unpaired) electrons. The number of hydrogen-bond acceptors (Lipinski definition) is 3. The molecule has 20 heavy (non-hydrogen) atoms. The minimum atomic E-state index is -0.438. The monoisotopic (exact) mass is 294 g/mol. The van der Waals surface area contributed by atoms with Crippen molar-refractivity contribution in [2.24, 2.45) is 0 Å². The van der Waals surface area contributed by atoms with E-state index in [0.717, 1.165) is 4.90 Å². The molecule has 0 aliphatic carbocycles. The van der Waals surface area contributed by atoms with Crippen molar-refractivity contribution in [3.05, 3.63) is 34.5 Å². The van der Waals surface area contributed by atoms with Crippen molar-refractivity contribution in [2.45, 2.75) is 20.0 Å². The minimum absolute atomic E-state index is 0.0288. The highest BCUT2D eigenvalue weighted by Crippen LogP contribution is 2.27. The molecular weight excluding hydrogens is 280 g/mol. The molecular formula is C14H15ClN2O3. The zero-order valence-electron chi connectivity index (χ0n) is 11.4. The summed E-state index contributed by atoms with van der Waals surface area (Å²) in [5.74, 6) is 0.219. The van der Waals surface area contributed by atoms with E-state index in [0.29, 0.717) is 16.3 Å². The number of hydrogen-bond donors (Lipinski definition) is 1. The smallest absolute Gasteiger partial charge is 0.328 e. The fourth-order valence-corrected chi connectivity index (χ4v) is 1.98. The lowest BCUT2D eigenvalue weighted by atomic mass is 10.2. The van der Waals surface area contributed by atoms with Crippen LogP contribution in [0.1, 0.15) is 19.4 Å². The minimum Gasteiger partial charge on any atom is -0.489 e. The Balaban J connectivity index is 2.25. The average Bonchev–Trinajstić information content (AvgIpc) is 2.60. The average molecular weight is 295 g/mol. The molecule has 5 nitrogen and oxygen atoms in total. The number of urea groups is 1. The van der Waals surface area contributed by atoms with Crippen LogP contribution in [0.2, 0.25) is 5.02 Å². The van der Waals surface area contributed by atoms with Crippen LogP contribution in [-0.2, 0) is 4.79 Å². The molecule has 1 aromatic carbocycles. The van der Waals surface area contributed by atoms with Gasteiger partial charge >= 0.3 is 6.03 Å². The van der Waals surface area contributed by atoms with E-state index < -0.39 is 6.03 Å². The van der Waals surface area contributed by atoms with Crippen LogP contribution in [0.25, 0.3) is 6.08 Å². The summed E-state index contributed by atoms with van der Waals surface area (Å²) < 4.78 is 5.53. The fourth-order valence-electron chi connectivity index (χ4n) is 1.75. The van der Waals surface area contributed by atoms with E-state index in [-0.39, 0.29) is 17.7 Å². The first-order chi connectivity index (χ1) is 9.38. The quantitative estimate of drug-likeness (QED) is 0.689. The lowest BCUT2D eigenvalue weighted by molar-refractivity contribution is -0.121. The van der Waals surface area contributed by atoms with Gasteiger partial charge in [0.25, 0.3) is 5.91 Å². The number of likely N-dealkylation sites (N-methyl/N-ethyl adjacent to an activating group) is 1. The van der Waals surface area contributed by atoms with Crippen LogP contribution in [-0.4, -0.2) is 30.0 Å². The summed E-state index contributed by atoms with van der Waals surface area (Å²) in [5.41, 5.74) is 0.941. The first-order valence-corrected chi connectivity index (χ1v) is 6.53. The second-order valence-electron chi connectivity index (χ2n) is 4.71. The van der Waals surface area contributed by atoms with Gasteiger partial charge in [-0.1, -0.05) is 17.7 Å². The molecule has 0 bridgehead atoms. The predicted octanol–water partition coefficient (Wildman–Crippen LogP) is 2.65. The van der Waals surface area contributed by atoms with E-state index in [4.69, 9.17) is 16.3 Å². The largest absolute Gasteiger partial charge is 0.489 e. The summed E-state index contributed by atoms with van der Waals surface area (Å²) in [6, 6.07) is 4.75. The first kappa shape index (κ1) is 14.4. The van der Waals surface area contributed by atoms with Crippen LogP contribution >= 0.6 is 11.6 Å². The van der Waals surface area contributed by atoms with Gasteiger partial charge in [0.05, 0.1) is 11.1 Å². The van der Waals surface area contributed by atoms with Crippen LogP contribution in [0.3, 0.4) is 0 Å². The van der Waals surface area contributed by atoms with Crippen molar-refractivity contribution in [3.8, 4) is 5.75 Å². The number of benzene rings is 1. The van der Waals surface area contributed by atoms with E-state index >= 15 is 0 Å². The van der Waals surface area contributed by atoms with E-state index in [9.17, 15) is 9.59 Å². The van der Waals surface area contributed by atoms with Crippen LogP contribution in [0, 0.1) is 0 Å². The summed E-state index contributed by atoms with van der Waals surface area (Å²) in [5, 5.41) is 2.95. The molecule has 0 unspecified atom stereocenters. The zero-order valence-corrected chi connectivity index (χ0v) is 12.2. The highest BCUT2D eigenvalue weighted by molar-refractivity contribution is 6.32. The summed E-state index contributed by atoms with van der Waals surface area (Å²) in [6.45, 7) is 3.82. The summed E-state index contributed by atoms with van der Waals surface area (Å²) in [7, 11) is 1.42. The van der Waals surface area contributed by atoms with Crippen molar-refractivity contribution in [1.82, 2.24) is 10.2 Å². The van der Waals surface area contributed by atoms with Gasteiger partial charge in [0, 0.05) is 7.05 Å². The Morgan fingerprint density at radius 1 is 1.35 bits per heavy atom. The number of carbonyl (C=O) groups excluding carboxylic acids is 2. The van der Waals surface area contributed by atoms with E-state index in [2.05, 4.69) is 5.32 Å². The Kier molecular flexibility index (Phi) is 3.99. The highest BCUT2D eigenvalue weighted by atomic mass is 35.5. The Morgan fingerprint density at radius 2 is 2.05 bits per heavy atom. The predicted molar refractivity (Wildman–Crippen MR) is 76.5 cm³/mol. The van der Waals surface area contributed by atoms with Gasteiger partial charge in [-0.2, -0.15) is 0 Å². The molecule has 2 rings (SSSR count). The molecule has 1 aliphatic rings. The van der Waals surface area contributed by atoms with Crippen molar-refractivity contribution in [2.75, 3.05) is 7.05 Å².